The lowest BCUT2D eigenvalue weighted by Crippen LogP contribution is -2.08. The van der Waals surface area contributed by atoms with Crippen LogP contribution in [0.1, 0.15) is 65.0 Å². The lowest BCUT2D eigenvalue weighted by molar-refractivity contribution is 0.103. The normalized spacial score (nSPS) is 16.0. The van der Waals surface area contributed by atoms with Crippen molar-refractivity contribution in [1.82, 2.24) is 10.3 Å². The van der Waals surface area contributed by atoms with E-state index in [1.807, 2.05) is 60.7 Å². The summed E-state index contributed by atoms with van der Waals surface area (Å²) in [5.41, 5.74) is 4.08. The number of nitrogens with zero attached hydrogens (tertiary/aromatic N) is 2. The number of hydrogen-bond acceptors (Lipinski definition) is 5. The highest BCUT2D eigenvalue weighted by molar-refractivity contribution is 6.16. The van der Waals surface area contributed by atoms with Crippen LogP contribution >= 0.6 is 0 Å². The fraction of sp³-hybridized carbons (Fsp3) is 0.240. The van der Waals surface area contributed by atoms with Crippen molar-refractivity contribution in [2.75, 3.05) is 0 Å². The maximum Gasteiger partial charge on any atom is 0.204 e. The molecule has 2 saturated carbocycles. The predicted octanol–water partition coefficient (Wildman–Crippen LogP) is 5.98. The average Bonchev–Trinajstić information content (AvgIpc) is 3.74. The van der Waals surface area contributed by atoms with E-state index in [0.717, 1.165) is 36.8 Å². The molecule has 148 valence electrons. The molecule has 0 aliphatic heterocycles. The first-order valence-electron chi connectivity index (χ1n) is 10.5. The van der Waals surface area contributed by atoms with Gasteiger partial charge in [0.05, 0.1) is 11.1 Å². The molecule has 30 heavy (non-hydrogen) atoms. The molecular weight excluding hydrogens is 376 g/mol. The van der Waals surface area contributed by atoms with Crippen molar-refractivity contribution >= 4 is 5.78 Å². The molecule has 0 radical (unpaired) electrons. The third-order valence-electron chi connectivity index (χ3n) is 5.88. The summed E-state index contributed by atoms with van der Waals surface area (Å²) in [6.07, 6.45) is 4.09. The van der Waals surface area contributed by atoms with E-state index >= 15 is 0 Å². The fourth-order valence-electron chi connectivity index (χ4n) is 4.00. The number of aromatic nitrogens is 2. The largest absolute Gasteiger partial charge is 0.360 e. The van der Waals surface area contributed by atoms with E-state index in [1.165, 1.54) is 0 Å². The van der Waals surface area contributed by atoms with Crippen LogP contribution in [0.5, 0.6) is 0 Å². The van der Waals surface area contributed by atoms with Crippen molar-refractivity contribution in [3.05, 3.63) is 83.3 Å². The summed E-state index contributed by atoms with van der Waals surface area (Å²) in [6, 6.07) is 19.5. The molecule has 6 rings (SSSR count). The highest BCUT2D eigenvalue weighted by Crippen LogP contribution is 2.48. The lowest BCUT2D eigenvalue weighted by atomic mass is 9.92. The lowest BCUT2D eigenvalue weighted by Gasteiger charge is -2.06. The van der Waals surface area contributed by atoms with Gasteiger partial charge in [0.2, 0.25) is 5.78 Å². The molecule has 2 aliphatic rings. The van der Waals surface area contributed by atoms with Crippen LogP contribution in [0.3, 0.4) is 0 Å². The average molecular weight is 396 g/mol. The summed E-state index contributed by atoms with van der Waals surface area (Å²) in [7, 11) is 0. The van der Waals surface area contributed by atoms with Gasteiger partial charge in [-0.1, -0.05) is 71.0 Å². The van der Waals surface area contributed by atoms with Crippen LogP contribution in [0, 0.1) is 0 Å². The zero-order chi connectivity index (χ0) is 20.1. The number of hydrogen-bond donors (Lipinski definition) is 0. The first kappa shape index (κ1) is 17.4. The van der Waals surface area contributed by atoms with Crippen molar-refractivity contribution in [2.24, 2.45) is 0 Å². The van der Waals surface area contributed by atoms with E-state index in [9.17, 15) is 4.79 Å². The summed E-state index contributed by atoms with van der Waals surface area (Å²) >= 11 is 0. The van der Waals surface area contributed by atoms with Gasteiger partial charge in [0, 0.05) is 23.0 Å². The SMILES string of the molecule is O=C(c1c(-c2ccccc2)noc1C1CC1)c1c(-c2ccccc2)noc1C1CC1. The monoisotopic (exact) mass is 396 g/mol. The smallest absolute Gasteiger partial charge is 0.204 e. The Hall–Kier alpha value is -3.47. The minimum atomic E-state index is -0.0981. The Labute approximate surface area is 173 Å². The van der Waals surface area contributed by atoms with Gasteiger partial charge in [-0.25, -0.2) is 0 Å². The van der Waals surface area contributed by atoms with Crippen LogP contribution in [0.2, 0.25) is 0 Å². The second-order valence-corrected chi connectivity index (χ2v) is 8.15. The van der Waals surface area contributed by atoms with E-state index in [0.29, 0.717) is 34.0 Å². The fourth-order valence-corrected chi connectivity index (χ4v) is 4.00. The molecule has 2 aliphatic carbocycles. The molecular formula is C25H20N2O3. The Bertz CT molecular complexity index is 1120. The van der Waals surface area contributed by atoms with Gasteiger partial charge in [0.25, 0.3) is 0 Å². The molecule has 2 aromatic heterocycles. The van der Waals surface area contributed by atoms with Gasteiger partial charge < -0.3 is 9.05 Å². The van der Waals surface area contributed by atoms with Gasteiger partial charge in [0.1, 0.15) is 11.4 Å². The summed E-state index contributed by atoms with van der Waals surface area (Å²) in [5, 5.41) is 8.65. The molecule has 0 amide bonds. The van der Waals surface area contributed by atoms with Crippen LogP contribution in [-0.2, 0) is 0 Å². The zero-order valence-electron chi connectivity index (χ0n) is 16.4. The summed E-state index contributed by atoms with van der Waals surface area (Å²) in [5.74, 6) is 1.82. The molecule has 0 unspecified atom stereocenters. The van der Waals surface area contributed by atoms with E-state index in [-0.39, 0.29) is 17.6 Å². The quantitative estimate of drug-likeness (QED) is 0.375. The van der Waals surface area contributed by atoms with Crippen LogP contribution in [0.25, 0.3) is 22.5 Å². The van der Waals surface area contributed by atoms with Gasteiger partial charge in [0.15, 0.2) is 11.5 Å². The molecule has 0 bridgehead atoms. The molecule has 5 nitrogen and oxygen atoms in total. The molecule has 2 fully saturated rings. The van der Waals surface area contributed by atoms with E-state index in [2.05, 4.69) is 10.3 Å². The van der Waals surface area contributed by atoms with Crippen molar-refractivity contribution in [3.63, 3.8) is 0 Å². The zero-order valence-corrected chi connectivity index (χ0v) is 16.4. The highest BCUT2D eigenvalue weighted by atomic mass is 16.5. The second kappa shape index (κ2) is 6.80. The van der Waals surface area contributed by atoms with Crippen LogP contribution in [0.15, 0.2) is 69.7 Å². The van der Waals surface area contributed by atoms with Gasteiger partial charge in [-0.3, -0.25) is 4.79 Å². The molecule has 0 spiro atoms. The minimum absolute atomic E-state index is 0.0981. The predicted molar refractivity (Wildman–Crippen MR) is 111 cm³/mol. The third kappa shape index (κ3) is 2.89. The summed E-state index contributed by atoms with van der Waals surface area (Å²) in [4.78, 5) is 14.1. The Morgan fingerprint density at radius 1 is 0.667 bits per heavy atom. The minimum Gasteiger partial charge on any atom is -0.360 e. The van der Waals surface area contributed by atoms with Crippen LogP contribution < -0.4 is 0 Å². The maximum absolute atomic E-state index is 14.1. The van der Waals surface area contributed by atoms with Gasteiger partial charge in [-0.05, 0) is 25.7 Å². The van der Waals surface area contributed by atoms with E-state index < -0.39 is 0 Å². The molecule has 2 aromatic carbocycles. The van der Waals surface area contributed by atoms with Gasteiger partial charge >= 0.3 is 0 Å². The third-order valence-corrected chi connectivity index (χ3v) is 5.88. The Morgan fingerprint density at radius 2 is 1.07 bits per heavy atom. The van der Waals surface area contributed by atoms with Gasteiger partial charge in [-0.2, -0.15) is 0 Å². The second-order valence-electron chi connectivity index (χ2n) is 8.15. The molecule has 0 atom stereocenters. The van der Waals surface area contributed by atoms with Gasteiger partial charge in [-0.15, -0.1) is 0 Å². The number of rotatable bonds is 6. The van der Waals surface area contributed by atoms with Crippen LogP contribution in [-0.4, -0.2) is 16.1 Å². The molecule has 0 saturated heterocycles. The first-order chi connectivity index (χ1) is 14.8. The number of ketones is 1. The number of carbonyl (C=O) groups excluding carboxylic acids is 1. The van der Waals surface area contributed by atoms with Crippen LogP contribution in [0.4, 0.5) is 0 Å². The summed E-state index contributed by atoms with van der Waals surface area (Å²) < 4.78 is 11.5. The Kier molecular flexibility index (Phi) is 3.94. The highest BCUT2D eigenvalue weighted by Gasteiger charge is 2.40. The molecule has 0 N–H and O–H groups in total. The Balaban J connectivity index is 1.54. The number of carbonyl (C=O) groups is 1. The van der Waals surface area contributed by atoms with Crippen molar-refractivity contribution < 1.29 is 13.8 Å². The van der Waals surface area contributed by atoms with Crippen molar-refractivity contribution in [2.45, 2.75) is 37.5 Å². The maximum atomic E-state index is 14.1. The summed E-state index contributed by atoms with van der Waals surface area (Å²) in [6.45, 7) is 0. The molecule has 2 heterocycles. The Morgan fingerprint density at radius 3 is 1.43 bits per heavy atom. The molecule has 5 heteroatoms. The number of benzene rings is 2. The molecule has 4 aromatic rings. The van der Waals surface area contributed by atoms with E-state index in [1.54, 1.807) is 0 Å². The standard InChI is InChI=1S/C25H20N2O3/c28-23(19-21(15-7-3-1-4-8-15)26-29-24(19)17-11-12-17)20-22(16-9-5-2-6-10-16)27-30-25(20)18-13-14-18/h1-10,17-18H,11-14H2. The topological polar surface area (TPSA) is 69.1 Å². The van der Waals surface area contributed by atoms with E-state index in [4.69, 9.17) is 9.05 Å². The van der Waals surface area contributed by atoms with Crippen molar-refractivity contribution in [1.29, 1.82) is 0 Å². The first-order valence-corrected chi connectivity index (χ1v) is 10.5. The van der Waals surface area contributed by atoms with Crippen molar-refractivity contribution in [3.8, 4) is 22.5 Å².